The van der Waals surface area contributed by atoms with Gasteiger partial charge >= 0.3 is 0 Å². The van der Waals surface area contributed by atoms with Gasteiger partial charge in [0.25, 0.3) is 5.91 Å². The average molecular weight is 389 g/mol. The van der Waals surface area contributed by atoms with Crippen molar-refractivity contribution in [3.05, 3.63) is 83.2 Å². The minimum absolute atomic E-state index is 0.189. The van der Waals surface area contributed by atoms with Crippen molar-refractivity contribution in [3.63, 3.8) is 0 Å². The fraction of sp³-hybridized carbons (Fsp3) is 0.292. The number of amides is 1. The second-order valence-electron chi connectivity index (χ2n) is 7.41. The number of benzene rings is 2. The van der Waals surface area contributed by atoms with Crippen LogP contribution in [0.1, 0.15) is 48.1 Å². The fourth-order valence-corrected chi connectivity index (χ4v) is 3.08. The Morgan fingerprint density at radius 1 is 1.00 bits per heavy atom. The van der Waals surface area contributed by atoms with Crippen LogP contribution in [0, 0.1) is 6.92 Å². The molecule has 150 valence electrons. The number of anilines is 2. The molecule has 2 aromatic carbocycles. The van der Waals surface area contributed by atoms with E-state index in [2.05, 4.69) is 53.1 Å². The standard InChI is InChI=1S/C24H28N4O/c1-5-19-11-13-21(14-12-19)26-23(29)22-15-18(4)25-24(27-22)28(17(2)3)16-20-9-7-6-8-10-20/h6-15,17H,5,16H2,1-4H3,(H,26,29). The largest absolute Gasteiger partial charge is 0.334 e. The van der Waals surface area contributed by atoms with Crippen LogP contribution in [-0.2, 0) is 13.0 Å². The van der Waals surface area contributed by atoms with E-state index in [0.717, 1.165) is 17.8 Å². The van der Waals surface area contributed by atoms with Crippen LogP contribution in [0.5, 0.6) is 0 Å². The van der Waals surface area contributed by atoms with Gasteiger partial charge in [-0.05, 0) is 56.5 Å². The van der Waals surface area contributed by atoms with Crippen molar-refractivity contribution < 1.29 is 4.79 Å². The van der Waals surface area contributed by atoms with Gasteiger partial charge in [-0.15, -0.1) is 0 Å². The molecule has 0 spiro atoms. The molecule has 0 fully saturated rings. The van der Waals surface area contributed by atoms with Gasteiger partial charge in [0.2, 0.25) is 5.95 Å². The Labute approximate surface area is 172 Å². The quantitative estimate of drug-likeness (QED) is 0.618. The van der Waals surface area contributed by atoms with E-state index in [0.29, 0.717) is 18.2 Å². The van der Waals surface area contributed by atoms with E-state index >= 15 is 0 Å². The number of carbonyl (C=O) groups is 1. The predicted octanol–water partition coefficient (Wildman–Crippen LogP) is 5.01. The van der Waals surface area contributed by atoms with Crippen LogP contribution in [0.3, 0.4) is 0 Å². The molecular formula is C24H28N4O. The monoisotopic (exact) mass is 388 g/mol. The van der Waals surface area contributed by atoms with Gasteiger partial charge in [0, 0.05) is 24.0 Å². The van der Waals surface area contributed by atoms with Gasteiger partial charge < -0.3 is 10.2 Å². The molecule has 1 aromatic heterocycles. The Morgan fingerprint density at radius 3 is 2.31 bits per heavy atom. The highest BCUT2D eigenvalue weighted by Crippen LogP contribution is 2.18. The zero-order valence-corrected chi connectivity index (χ0v) is 17.5. The zero-order chi connectivity index (χ0) is 20.8. The maximum Gasteiger partial charge on any atom is 0.274 e. The van der Waals surface area contributed by atoms with Crippen molar-refractivity contribution in [1.82, 2.24) is 9.97 Å². The summed E-state index contributed by atoms with van der Waals surface area (Å²) in [5.74, 6) is 0.333. The van der Waals surface area contributed by atoms with Crippen molar-refractivity contribution in [2.75, 3.05) is 10.2 Å². The molecule has 3 aromatic rings. The molecule has 1 N–H and O–H groups in total. The summed E-state index contributed by atoms with van der Waals surface area (Å²) >= 11 is 0. The average Bonchev–Trinajstić information content (AvgIpc) is 2.72. The van der Waals surface area contributed by atoms with Crippen LogP contribution in [0.4, 0.5) is 11.6 Å². The molecule has 0 atom stereocenters. The number of rotatable bonds is 7. The van der Waals surface area contributed by atoms with Gasteiger partial charge in [0.1, 0.15) is 5.69 Å². The van der Waals surface area contributed by atoms with E-state index in [9.17, 15) is 4.79 Å². The van der Waals surface area contributed by atoms with Gasteiger partial charge in [-0.2, -0.15) is 0 Å². The van der Waals surface area contributed by atoms with Crippen LogP contribution < -0.4 is 10.2 Å². The Kier molecular flexibility index (Phi) is 6.60. The summed E-state index contributed by atoms with van der Waals surface area (Å²) in [4.78, 5) is 24.1. The Morgan fingerprint density at radius 2 is 1.69 bits per heavy atom. The van der Waals surface area contributed by atoms with Crippen molar-refractivity contribution in [1.29, 1.82) is 0 Å². The lowest BCUT2D eigenvalue weighted by Gasteiger charge is -2.27. The number of nitrogens with one attached hydrogen (secondary N) is 1. The highest BCUT2D eigenvalue weighted by Gasteiger charge is 2.18. The minimum Gasteiger partial charge on any atom is -0.334 e. The summed E-state index contributed by atoms with van der Waals surface area (Å²) in [5, 5.41) is 2.93. The third kappa shape index (κ3) is 5.41. The molecule has 3 rings (SSSR count). The molecule has 0 unspecified atom stereocenters. The first-order valence-corrected chi connectivity index (χ1v) is 10.0. The van der Waals surface area contributed by atoms with Gasteiger partial charge in [0.05, 0.1) is 0 Å². The van der Waals surface area contributed by atoms with Crippen molar-refractivity contribution in [2.24, 2.45) is 0 Å². The SMILES string of the molecule is CCc1ccc(NC(=O)c2cc(C)nc(N(Cc3ccccc3)C(C)C)n2)cc1. The summed E-state index contributed by atoms with van der Waals surface area (Å²) in [7, 11) is 0. The molecule has 29 heavy (non-hydrogen) atoms. The van der Waals surface area contributed by atoms with Crippen LogP contribution in [-0.4, -0.2) is 21.9 Å². The van der Waals surface area contributed by atoms with Gasteiger partial charge in [0.15, 0.2) is 0 Å². The van der Waals surface area contributed by atoms with Gasteiger partial charge in [-0.1, -0.05) is 49.4 Å². The smallest absolute Gasteiger partial charge is 0.274 e. The molecule has 0 saturated carbocycles. The van der Waals surface area contributed by atoms with E-state index in [1.165, 1.54) is 11.1 Å². The molecule has 0 aliphatic heterocycles. The summed E-state index contributed by atoms with van der Waals surface area (Å²) in [6.45, 7) is 8.88. The third-order valence-corrected chi connectivity index (χ3v) is 4.77. The summed E-state index contributed by atoms with van der Waals surface area (Å²) in [6, 6.07) is 20.0. The lowest BCUT2D eigenvalue weighted by atomic mass is 10.1. The molecular weight excluding hydrogens is 360 g/mol. The number of hydrogen-bond acceptors (Lipinski definition) is 4. The minimum atomic E-state index is -0.232. The molecule has 5 nitrogen and oxygen atoms in total. The van der Waals surface area contributed by atoms with Crippen LogP contribution in [0.15, 0.2) is 60.7 Å². The predicted molar refractivity (Wildman–Crippen MR) is 118 cm³/mol. The maximum atomic E-state index is 12.8. The van der Waals surface area contributed by atoms with Crippen LogP contribution >= 0.6 is 0 Å². The second kappa shape index (κ2) is 9.32. The molecule has 1 amide bonds. The summed E-state index contributed by atoms with van der Waals surface area (Å²) in [5.41, 5.74) is 4.30. The topological polar surface area (TPSA) is 58.1 Å². The second-order valence-corrected chi connectivity index (χ2v) is 7.41. The van der Waals surface area contributed by atoms with E-state index in [1.807, 2.05) is 49.4 Å². The van der Waals surface area contributed by atoms with Crippen molar-refractivity contribution in [3.8, 4) is 0 Å². The number of aromatic nitrogens is 2. The van der Waals surface area contributed by atoms with E-state index in [-0.39, 0.29) is 11.9 Å². The van der Waals surface area contributed by atoms with E-state index < -0.39 is 0 Å². The molecule has 5 heteroatoms. The summed E-state index contributed by atoms with van der Waals surface area (Å²) in [6.07, 6.45) is 0.967. The Bertz CT molecular complexity index is 952. The molecule has 1 heterocycles. The van der Waals surface area contributed by atoms with Crippen molar-refractivity contribution >= 4 is 17.5 Å². The van der Waals surface area contributed by atoms with E-state index in [1.54, 1.807) is 6.07 Å². The van der Waals surface area contributed by atoms with E-state index in [4.69, 9.17) is 0 Å². The highest BCUT2D eigenvalue weighted by atomic mass is 16.1. The van der Waals surface area contributed by atoms with Gasteiger partial charge in [-0.25, -0.2) is 9.97 Å². The summed E-state index contributed by atoms with van der Waals surface area (Å²) < 4.78 is 0. The number of nitrogens with zero attached hydrogens (tertiary/aromatic N) is 3. The first kappa shape index (κ1) is 20.5. The molecule has 0 bridgehead atoms. The maximum absolute atomic E-state index is 12.8. The first-order chi connectivity index (χ1) is 14.0. The Balaban J connectivity index is 1.84. The van der Waals surface area contributed by atoms with Crippen LogP contribution in [0.25, 0.3) is 0 Å². The fourth-order valence-electron chi connectivity index (χ4n) is 3.08. The molecule has 0 saturated heterocycles. The van der Waals surface area contributed by atoms with Crippen molar-refractivity contribution in [2.45, 2.75) is 46.7 Å². The zero-order valence-electron chi connectivity index (χ0n) is 17.5. The molecule has 0 radical (unpaired) electrons. The Hall–Kier alpha value is -3.21. The van der Waals surface area contributed by atoms with Crippen LogP contribution in [0.2, 0.25) is 0 Å². The normalized spacial score (nSPS) is 10.8. The molecule has 0 aliphatic carbocycles. The first-order valence-electron chi connectivity index (χ1n) is 10.0. The lowest BCUT2D eigenvalue weighted by molar-refractivity contribution is 0.102. The molecule has 0 aliphatic rings. The lowest BCUT2D eigenvalue weighted by Crippen LogP contribution is -2.32. The number of aryl methyl sites for hydroxylation is 2. The third-order valence-electron chi connectivity index (χ3n) is 4.77. The van der Waals surface area contributed by atoms with Gasteiger partial charge in [-0.3, -0.25) is 4.79 Å². The highest BCUT2D eigenvalue weighted by molar-refractivity contribution is 6.03. The number of hydrogen-bond donors (Lipinski definition) is 1. The number of carbonyl (C=O) groups excluding carboxylic acids is 1.